The number of hydrogen-bond acceptors (Lipinski definition) is 4. The van der Waals surface area contributed by atoms with Gasteiger partial charge in [-0.2, -0.15) is 0 Å². The van der Waals surface area contributed by atoms with Crippen molar-refractivity contribution in [2.24, 2.45) is 0 Å². The summed E-state index contributed by atoms with van der Waals surface area (Å²) in [4.78, 5) is 22.6. The lowest BCUT2D eigenvalue weighted by atomic mass is 10.2. The number of nitrogens with zero attached hydrogens (tertiary/aromatic N) is 2. The Morgan fingerprint density at radius 3 is 3.05 bits per heavy atom. The first-order valence-electron chi connectivity index (χ1n) is 6.61. The Morgan fingerprint density at radius 1 is 1.55 bits per heavy atom. The summed E-state index contributed by atoms with van der Waals surface area (Å²) in [5.74, 6) is 0.877. The number of aryl methyl sites for hydroxylation is 2. The molecule has 0 bridgehead atoms. The summed E-state index contributed by atoms with van der Waals surface area (Å²) in [7, 11) is 0. The maximum absolute atomic E-state index is 12.4. The van der Waals surface area contributed by atoms with Gasteiger partial charge in [-0.3, -0.25) is 4.79 Å². The van der Waals surface area contributed by atoms with Gasteiger partial charge < -0.3 is 14.6 Å². The number of carbonyl (C=O) groups excluding carboxylic acids is 1. The number of ether oxygens (including phenoxy) is 1. The van der Waals surface area contributed by atoms with Crippen LogP contribution in [0.1, 0.15) is 32.9 Å². The zero-order chi connectivity index (χ0) is 14.1. The van der Waals surface area contributed by atoms with Crippen LogP contribution in [0.4, 0.5) is 0 Å². The lowest BCUT2D eigenvalue weighted by molar-refractivity contribution is -0.0263. The smallest absolute Gasteiger partial charge is 0.264 e. The van der Waals surface area contributed by atoms with Crippen molar-refractivity contribution in [3.05, 3.63) is 39.6 Å². The van der Waals surface area contributed by atoms with Crippen LogP contribution < -0.4 is 0 Å². The van der Waals surface area contributed by atoms with Gasteiger partial charge >= 0.3 is 0 Å². The number of rotatable bonds is 2. The van der Waals surface area contributed by atoms with Gasteiger partial charge in [0.05, 0.1) is 18.0 Å². The van der Waals surface area contributed by atoms with Crippen molar-refractivity contribution in [3.63, 3.8) is 0 Å². The van der Waals surface area contributed by atoms with Crippen molar-refractivity contribution >= 4 is 17.2 Å². The van der Waals surface area contributed by atoms with E-state index in [2.05, 4.69) is 9.97 Å². The number of amides is 1. The van der Waals surface area contributed by atoms with Crippen molar-refractivity contribution in [2.45, 2.75) is 20.0 Å². The van der Waals surface area contributed by atoms with E-state index in [1.807, 2.05) is 30.2 Å². The second kappa shape index (κ2) is 5.38. The Kier molecular flexibility index (Phi) is 3.58. The molecule has 3 rings (SSSR count). The minimum absolute atomic E-state index is 0.0830. The molecule has 1 amide bonds. The highest BCUT2D eigenvalue weighted by molar-refractivity contribution is 7.12. The molecule has 0 unspecified atom stereocenters. The Morgan fingerprint density at radius 2 is 2.40 bits per heavy atom. The van der Waals surface area contributed by atoms with Crippen LogP contribution in [-0.2, 0) is 4.74 Å². The molecule has 1 aliphatic heterocycles. The Hall–Kier alpha value is -1.66. The Labute approximate surface area is 121 Å². The summed E-state index contributed by atoms with van der Waals surface area (Å²) in [6.45, 7) is 5.67. The standard InChI is InChI=1S/C14H17N3O2S/c1-9-5-12(20-8-9)14(18)17-3-4-19-11(7-17)13-15-6-10(2)16-13/h5-6,8,11H,3-4,7H2,1-2H3,(H,15,16)/t11-/m0/s1. The summed E-state index contributed by atoms with van der Waals surface area (Å²) >= 11 is 1.50. The van der Waals surface area contributed by atoms with Crippen molar-refractivity contribution in [2.75, 3.05) is 19.7 Å². The Bertz CT molecular complexity index is 619. The molecular weight excluding hydrogens is 274 g/mol. The first-order valence-corrected chi connectivity index (χ1v) is 7.49. The van der Waals surface area contributed by atoms with Gasteiger partial charge in [-0.05, 0) is 30.9 Å². The number of nitrogens with one attached hydrogen (secondary N) is 1. The average Bonchev–Trinajstić information content (AvgIpc) is 3.07. The van der Waals surface area contributed by atoms with Crippen LogP contribution in [0, 0.1) is 13.8 Å². The predicted molar refractivity (Wildman–Crippen MR) is 77.0 cm³/mol. The summed E-state index contributed by atoms with van der Waals surface area (Å²) in [6, 6.07) is 1.94. The maximum Gasteiger partial charge on any atom is 0.264 e. The largest absolute Gasteiger partial charge is 0.367 e. The predicted octanol–water partition coefficient (Wildman–Crippen LogP) is 2.30. The molecule has 0 aromatic carbocycles. The molecular formula is C14H17N3O2S. The molecule has 1 saturated heterocycles. The fourth-order valence-electron chi connectivity index (χ4n) is 2.29. The first kappa shape index (κ1) is 13.3. The Balaban J connectivity index is 1.73. The third-order valence-corrected chi connectivity index (χ3v) is 4.36. The second-order valence-electron chi connectivity index (χ2n) is 5.05. The van der Waals surface area contributed by atoms with Gasteiger partial charge in [-0.25, -0.2) is 4.98 Å². The van der Waals surface area contributed by atoms with E-state index in [1.54, 1.807) is 6.20 Å². The number of hydrogen-bond donors (Lipinski definition) is 1. The van der Waals surface area contributed by atoms with Gasteiger partial charge in [0, 0.05) is 18.4 Å². The van der Waals surface area contributed by atoms with E-state index in [0.29, 0.717) is 19.7 Å². The summed E-state index contributed by atoms with van der Waals surface area (Å²) in [5, 5.41) is 2.00. The van der Waals surface area contributed by atoms with Crippen LogP contribution in [0.2, 0.25) is 0 Å². The van der Waals surface area contributed by atoms with Crippen molar-refractivity contribution in [1.29, 1.82) is 0 Å². The summed E-state index contributed by atoms with van der Waals surface area (Å²) in [5.41, 5.74) is 2.13. The molecule has 0 radical (unpaired) electrons. The normalized spacial score (nSPS) is 19.3. The van der Waals surface area contributed by atoms with Gasteiger partial charge in [0.15, 0.2) is 0 Å². The van der Waals surface area contributed by atoms with Crippen molar-refractivity contribution < 1.29 is 9.53 Å². The number of carbonyl (C=O) groups is 1. The van der Waals surface area contributed by atoms with E-state index in [-0.39, 0.29) is 12.0 Å². The van der Waals surface area contributed by atoms with E-state index in [9.17, 15) is 4.79 Å². The molecule has 0 saturated carbocycles. The van der Waals surface area contributed by atoms with Crippen molar-refractivity contribution in [1.82, 2.24) is 14.9 Å². The maximum atomic E-state index is 12.4. The fraction of sp³-hybridized carbons (Fsp3) is 0.429. The van der Waals surface area contributed by atoms with Crippen LogP contribution >= 0.6 is 11.3 Å². The van der Waals surface area contributed by atoms with Gasteiger partial charge in [0.25, 0.3) is 5.91 Å². The van der Waals surface area contributed by atoms with E-state index >= 15 is 0 Å². The topological polar surface area (TPSA) is 58.2 Å². The van der Waals surface area contributed by atoms with Crippen molar-refractivity contribution in [3.8, 4) is 0 Å². The van der Waals surface area contributed by atoms with Crippen LogP contribution in [0.3, 0.4) is 0 Å². The monoisotopic (exact) mass is 291 g/mol. The molecule has 2 aromatic rings. The minimum Gasteiger partial charge on any atom is -0.367 e. The third kappa shape index (κ3) is 2.62. The van der Waals surface area contributed by atoms with Gasteiger partial charge in [-0.15, -0.1) is 11.3 Å². The number of thiophene rings is 1. The fourth-order valence-corrected chi connectivity index (χ4v) is 3.16. The van der Waals surface area contributed by atoms with Crippen LogP contribution in [0.15, 0.2) is 17.6 Å². The molecule has 1 aliphatic rings. The van der Waals surface area contributed by atoms with Gasteiger partial charge in [0.2, 0.25) is 0 Å². The molecule has 1 fully saturated rings. The number of morpholine rings is 1. The van der Waals surface area contributed by atoms with E-state index in [0.717, 1.165) is 22.0 Å². The van der Waals surface area contributed by atoms with E-state index < -0.39 is 0 Å². The second-order valence-corrected chi connectivity index (χ2v) is 5.96. The lowest BCUT2D eigenvalue weighted by Crippen LogP contribution is -2.42. The third-order valence-electron chi connectivity index (χ3n) is 3.32. The molecule has 3 heterocycles. The highest BCUT2D eigenvalue weighted by atomic mass is 32.1. The molecule has 6 heteroatoms. The molecule has 20 heavy (non-hydrogen) atoms. The molecule has 1 N–H and O–H groups in total. The van der Waals surface area contributed by atoms with Gasteiger partial charge in [-0.1, -0.05) is 0 Å². The van der Waals surface area contributed by atoms with E-state index in [1.165, 1.54) is 11.3 Å². The molecule has 5 nitrogen and oxygen atoms in total. The van der Waals surface area contributed by atoms with Crippen LogP contribution in [0.25, 0.3) is 0 Å². The first-order chi connectivity index (χ1) is 9.63. The highest BCUT2D eigenvalue weighted by Gasteiger charge is 2.28. The van der Waals surface area contributed by atoms with E-state index in [4.69, 9.17) is 4.74 Å². The SMILES string of the molecule is Cc1csc(C(=O)N2CCO[C@H](c3ncc(C)[nH]3)C2)c1. The number of imidazole rings is 1. The quantitative estimate of drug-likeness (QED) is 0.923. The summed E-state index contributed by atoms with van der Waals surface area (Å²) < 4.78 is 5.71. The molecule has 2 aromatic heterocycles. The number of aromatic nitrogens is 2. The van der Waals surface area contributed by atoms with Crippen LogP contribution in [0.5, 0.6) is 0 Å². The molecule has 106 valence electrons. The average molecular weight is 291 g/mol. The number of aromatic amines is 1. The zero-order valence-electron chi connectivity index (χ0n) is 11.5. The molecule has 0 spiro atoms. The zero-order valence-corrected chi connectivity index (χ0v) is 12.4. The lowest BCUT2D eigenvalue weighted by Gasteiger charge is -2.31. The molecule has 1 atom stereocenters. The minimum atomic E-state index is -0.164. The highest BCUT2D eigenvalue weighted by Crippen LogP contribution is 2.23. The summed E-state index contributed by atoms with van der Waals surface area (Å²) in [6.07, 6.45) is 1.62. The van der Waals surface area contributed by atoms with Crippen LogP contribution in [-0.4, -0.2) is 40.5 Å². The number of H-pyrrole nitrogens is 1. The van der Waals surface area contributed by atoms with Gasteiger partial charge in [0.1, 0.15) is 11.9 Å². The molecule has 0 aliphatic carbocycles.